The van der Waals surface area contributed by atoms with E-state index in [0.717, 1.165) is 11.1 Å². The molecule has 2 aromatic heterocycles. The van der Waals surface area contributed by atoms with Crippen molar-refractivity contribution in [2.24, 2.45) is 0 Å². The summed E-state index contributed by atoms with van der Waals surface area (Å²) in [5.74, 6) is -0.682. The number of aliphatic hydroxyl groups is 2. The van der Waals surface area contributed by atoms with Crippen LogP contribution in [0.1, 0.15) is 60.4 Å². The lowest BCUT2D eigenvalue weighted by Gasteiger charge is -2.20. The number of hydrogen-bond acceptors (Lipinski definition) is 9. The maximum atomic E-state index is 13.3. The van der Waals surface area contributed by atoms with Crippen LogP contribution in [0.4, 0.5) is 10.6 Å². The summed E-state index contributed by atoms with van der Waals surface area (Å²) in [5.41, 5.74) is 2.83. The number of carbonyl (C=O) groups excluding carboxylic acids is 3. The van der Waals surface area contributed by atoms with E-state index in [1.807, 2.05) is 36.4 Å². The Hall–Kier alpha value is -5.08. The Labute approximate surface area is 272 Å². The highest BCUT2D eigenvalue weighted by atomic mass is 16.3. The van der Waals surface area contributed by atoms with Crippen LogP contribution in [0.15, 0.2) is 67.0 Å². The summed E-state index contributed by atoms with van der Waals surface area (Å²) >= 11 is 0. The third-order valence-corrected chi connectivity index (χ3v) is 8.21. The second-order valence-corrected chi connectivity index (χ2v) is 11.3. The lowest BCUT2D eigenvalue weighted by molar-refractivity contribution is -0.122. The molecule has 0 aliphatic heterocycles. The number of urea groups is 1. The van der Waals surface area contributed by atoms with Gasteiger partial charge in [-0.2, -0.15) is 0 Å². The molecular formula is C33H41N9O5. The van der Waals surface area contributed by atoms with Gasteiger partial charge in [0.15, 0.2) is 11.5 Å². The number of anilines is 1. The molecule has 47 heavy (non-hydrogen) atoms. The molecule has 0 radical (unpaired) electrons. The first-order chi connectivity index (χ1) is 22.8. The van der Waals surface area contributed by atoms with Crippen molar-refractivity contribution in [2.75, 3.05) is 31.5 Å². The number of nitrogens with zero attached hydrogens (tertiary/aromatic N) is 4. The van der Waals surface area contributed by atoms with E-state index in [-0.39, 0.29) is 55.3 Å². The Morgan fingerprint density at radius 1 is 0.894 bits per heavy atom. The minimum absolute atomic E-state index is 0.0585. The molecule has 4 amide bonds. The smallest absolute Gasteiger partial charge is 0.314 e. The standard InChI is InChI=1S/C33H41N9O5/c1-3-25(43)39-23-17-24(28(45)27(23)44)42-19-38-26-29(37-18-22(20-11-7-5-8-12-20)21-13-9-6-10-14-21)40-30(41-31(26)42)32(46)35-15-16-36-33(47)34-4-2/h5-14,19,22-24,27-28,44-45H,3-4,15-18H2,1-2H3,(H,35,46)(H,39,43)(H2,34,36,47)(H,37,40,41)/t23-,24+,27+,28-/m0/s1. The molecule has 5 rings (SSSR count). The van der Waals surface area contributed by atoms with Crippen molar-refractivity contribution in [3.8, 4) is 0 Å². The second-order valence-electron chi connectivity index (χ2n) is 11.3. The van der Waals surface area contributed by atoms with E-state index in [0.29, 0.717) is 24.4 Å². The van der Waals surface area contributed by atoms with Crippen LogP contribution in [0.2, 0.25) is 0 Å². The predicted molar refractivity (Wildman–Crippen MR) is 176 cm³/mol. The van der Waals surface area contributed by atoms with Gasteiger partial charge in [0, 0.05) is 38.5 Å². The highest BCUT2D eigenvalue weighted by Gasteiger charge is 2.43. The maximum absolute atomic E-state index is 13.3. The number of carbonyl (C=O) groups is 3. The van der Waals surface area contributed by atoms with Gasteiger partial charge in [-0.1, -0.05) is 67.6 Å². The minimum Gasteiger partial charge on any atom is -0.388 e. The Kier molecular flexibility index (Phi) is 11.0. The molecule has 0 unspecified atom stereocenters. The molecule has 1 aliphatic carbocycles. The fourth-order valence-electron chi connectivity index (χ4n) is 5.77. The SMILES string of the molecule is CCNC(=O)NCCNC(=O)c1nc(NCC(c2ccccc2)c2ccccc2)c2ncn([C@@H]3C[C@H](NC(=O)CC)[C@@H](O)[C@H]3O)c2n1. The Bertz CT molecular complexity index is 1630. The number of nitrogens with one attached hydrogen (secondary N) is 5. The first-order valence-corrected chi connectivity index (χ1v) is 15.8. The van der Waals surface area contributed by atoms with Gasteiger partial charge in [-0.05, 0) is 24.5 Å². The summed E-state index contributed by atoms with van der Waals surface area (Å²) in [6.45, 7) is 4.73. The van der Waals surface area contributed by atoms with Crippen LogP contribution in [0, 0.1) is 0 Å². The van der Waals surface area contributed by atoms with Gasteiger partial charge in [-0.25, -0.2) is 19.7 Å². The zero-order chi connectivity index (χ0) is 33.3. The molecule has 1 fully saturated rings. The van der Waals surface area contributed by atoms with Crippen molar-refractivity contribution in [1.82, 2.24) is 40.8 Å². The van der Waals surface area contributed by atoms with Gasteiger partial charge in [0.1, 0.15) is 17.7 Å². The number of benzene rings is 2. The highest BCUT2D eigenvalue weighted by Crippen LogP contribution is 2.34. The van der Waals surface area contributed by atoms with Gasteiger partial charge >= 0.3 is 6.03 Å². The van der Waals surface area contributed by atoms with Crippen molar-refractivity contribution in [3.63, 3.8) is 0 Å². The van der Waals surface area contributed by atoms with Gasteiger partial charge in [-0.3, -0.25) is 9.59 Å². The van der Waals surface area contributed by atoms with Crippen molar-refractivity contribution in [2.45, 2.75) is 56.9 Å². The Morgan fingerprint density at radius 3 is 2.19 bits per heavy atom. The van der Waals surface area contributed by atoms with Crippen LogP contribution in [-0.2, 0) is 4.79 Å². The van der Waals surface area contributed by atoms with Gasteiger partial charge in [0.2, 0.25) is 11.7 Å². The van der Waals surface area contributed by atoms with Crippen LogP contribution < -0.4 is 26.6 Å². The number of aliphatic hydroxyl groups excluding tert-OH is 2. The Morgan fingerprint density at radius 2 is 1.55 bits per heavy atom. The monoisotopic (exact) mass is 643 g/mol. The number of amides is 4. The van der Waals surface area contributed by atoms with Crippen molar-refractivity contribution >= 4 is 34.8 Å². The number of rotatable bonds is 13. The quantitative estimate of drug-likeness (QED) is 0.106. The molecule has 0 bridgehead atoms. The summed E-state index contributed by atoms with van der Waals surface area (Å²) in [5, 5.41) is 36.0. The molecule has 1 aliphatic rings. The third-order valence-electron chi connectivity index (χ3n) is 8.21. The van der Waals surface area contributed by atoms with Crippen LogP contribution in [0.5, 0.6) is 0 Å². The van der Waals surface area contributed by atoms with Gasteiger partial charge in [-0.15, -0.1) is 0 Å². The largest absolute Gasteiger partial charge is 0.388 e. The molecule has 1 saturated carbocycles. The molecule has 14 nitrogen and oxygen atoms in total. The second kappa shape index (κ2) is 15.5. The Balaban J connectivity index is 1.46. The zero-order valence-corrected chi connectivity index (χ0v) is 26.4. The molecule has 7 N–H and O–H groups in total. The summed E-state index contributed by atoms with van der Waals surface area (Å²) in [6.07, 6.45) is -0.462. The summed E-state index contributed by atoms with van der Waals surface area (Å²) < 4.78 is 1.62. The molecule has 4 aromatic rings. The molecule has 4 atom stereocenters. The molecular weight excluding hydrogens is 602 g/mol. The molecule has 248 valence electrons. The van der Waals surface area contributed by atoms with E-state index in [2.05, 4.69) is 65.8 Å². The average molecular weight is 644 g/mol. The summed E-state index contributed by atoms with van der Waals surface area (Å²) in [4.78, 5) is 50.8. The van der Waals surface area contributed by atoms with E-state index in [4.69, 9.17) is 0 Å². The first kappa shape index (κ1) is 33.3. The van der Waals surface area contributed by atoms with E-state index in [9.17, 15) is 24.6 Å². The van der Waals surface area contributed by atoms with Crippen LogP contribution in [-0.4, -0.2) is 92.0 Å². The minimum atomic E-state index is -1.22. The molecule has 0 saturated heterocycles. The topological polar surface area (TPSA) is 195 Å². The van der Waals surface area contributed by atoms with E-state index in [1.165, 1.54) is 6.33 Å². The molecule has 0 spiro atoms. The number of imidazole rings is 1. The van der Waals surface area contributed by atoms with Gasteiger partial charge in [0.25, 0.3) is 5.91 Å². The lowest BCUT2D eigenvalue weighted by Crippen LogP contribution is -2.42. The normalized spacial score (nSPS) is 19.0. The molecule has 14 heteroatoms. The zero-order valence-electron chi connectivity index (χ0n) is 26.4. The molecule has 2 aromatic carbocycles. The van der Waals surface area contributed by atoms with Crippen LogP contribution in [0.3, 0.4) is 0 Å². The number of fused-ring (bicyclic) bond motifs is 1. The van der Waals surface area contributed by atoms with Crippen molar-refractivity contribution in [1.29, 1.82) is 0 Å². The van der Waals surface area contributed by atoms with E-state index < -0.39 is 30.2 Å². The predicted octanol–water partition coefficient (Wildman–Crippen LogP) is 1.68. The number of hydrogen-bond donors (Lipinski definition) is 7. The number of aromatic nitrogens is 4. The van der Waals surface area contributed by atoms with Crippen LogP contribution in [0.25, 0.3) is 11.2 Å². The van der Waals surface area contributed by atoms with Crippen molar-refractivity contribution in [3.05, 3.63) is 83.9 Å². The highest BCUT2D eigenvalue weighted by molar-refractivity contribution is 5.94. The van der Waals surface area contributed by atoms with Gasteiger partial charge < -0.3 is 41.4 Å². The first-order valence-electron chi connectivity index (χ1n) is 15.8. The third kappa shape index (κ3) is 7.84. The summed E-state index contributed by atoms with van der Waals surface area (Å²) in [6, 6.07) is 18.4. The summed E-state index contributed by atoms with van der Waals surface area (Å²) in [7, 11) is 0. The van der Waals surface area contributed by atoms with Crippen molar-refractivity contribution < 1.29 is 24.6 Å². The fourth-order valence-corrected chi connectivity index (χ4v) is 5.77. The van der Waals surface area contributed by atoms with E-state index in [1.54, 1.807) is 18.4 Å². The van der Waals surface area contributed by atoms with Crippen LogP contribution >= 0.6 is 0 Å². The lowest BCUT2D eigenvalue weighted by atomic mass is 9.91. The fraction of sp³-hybridized carbons (Fsp3) is 0.394. The van der Waals surface area contributed by atoms with E-state index >= 15 is 0 Å². The average Bonchev–Trinajstić information content (AvgIpc) is 3.64. The van der Waals surface area contributed by atoms with Gasteiger partial charge in [0.05, 0.1) is 18.4 Å². The molecule has 2 heterocycles. The maximum Gasteiger partial charge on any atom is 0.314 e.